The number of hydrogen-bond donors (Lipinski definition) is 1. The maximum absolute atomic E-state index is 13.2. The third kappa shape index (κ3) is 3.16. The fraction of sp³-hybridized carbons (Fsp3) is 0.500. The topological polar surface area (TPSA) is 25.2 Å². The van der Waals surface area contributed by atoms with Gasteiger partial charge in [-0.2, -0.15) is 0 Å². The summed E-state index contributed by atoms with van der Waals surface area (Å²) in [6.07, 6.45) is 1.07. The highest BCUT2D eigenvalue weighted by Gasteiger charge is 2.28. The van der Waals surface area contributed by atoms with Crippen molar-refractivity contribution in [3.8, 4) is 0 Å². The van der Waals surface area contributed by atoms with E-state index in [0.29, 0.717) is 0 Å². The van der Waals surface area contributed by atoms with Crippen LogP contribution in [-0.4, -0.2) is 6.54 Å². The first-order valence-corrected chi connectivity index (χ1v) is 6.84. The van der Waals surface area contributed by atoms with Gasteiger partial charge in [-0.15, -0.1) is 0 Å². The lowest BCUT2D eigenvalue weighted by atomic mass is 9.85. The average Bonchev–Trinajstić information content (AvgIpc) is 2.70. The van der Waals surface area contributed by atoms with E-state index in [2.05, 4.69) is 33.0 Å². The molecule has 1 aromatic carbocycles. The zero-order chi connectivity index (χ0) is 14.0. The normalized spacial score (nSPS) is 13.9. The molecule has 0 saturated carbocycles. The molecule has 1 unspecified atom stereocenters. The van der Waals surface area contributed by atoms with Crippen molar-refractivity contribution in [2.75, 3.05) is 6.54 Å². The largest absolute Gasteiger partial charge is 0.459 e. The van der Waals surface area contributed by atoms with E-state index in [1.165, 1.54) is 12.1 Å². The second kappa shape index (κ2) is 5.33. The van der Waals surface area contributed by atoms with Gasteiger partial charge in [0.25, 0.3) is 0 Å². The van der Waals surface area contributed by atoms with E-state index >= 15 is 0 Å². The molecule has 3 heteroatoms. The van der Waals surface area contributed by atoms with Crippen LogP contribution in [0.15, 0.2) is 28.7 Å². The van der Waals surface area contributed by atoms with Gasteiger partial charge < -0.3 is 9.73 Å². The molecule has 19 heavy (non-hydrogen) atoms. The lowest BCUT2D eigenvalue weighted by molar-refractivity contribution is 0.242. The quantitative estimate of drug-likeness (QED) is 0.868. The molecule has 0 saturated heterocycles. The van der Waals surface area contributed by atoms with Crippen molar-refractivity contribution in [1.82, 2.24) is 5.32 Å². The van der Waals surface area contributed by atoms with E-state index < -0.39 is 0 Å². The van der Waals surface area contributed by atoms with Crippen LogP contribution in [0.25, 0.3) is 11.0 Å². The van der Waals surface area contributed by atoms with Gasteiger partial charge in [0.15, 0.2) is 0 Å². The zero-order valence-corrected chi connectivity index (χ0v) is 12.1. The summed E-state index contributed by atoms with van der Waals surface area (Å²) in [5.74, 6) is 0.648. The highest BCUT2D eigenvalue weighted by atomic mass is 19.1. The van der Waals surface area contributed by atoms with Gasteiger partial charge in [0.05, 0.1) is 6.04 Å². The molecular weight excluding hydrogens is 241 g/mol. The highest BCUT2D eigenvalue weighted by molar-refractivity contribution is 5.78. The summed E-state index contributed by atoms with van der Waals surface area (Å²) in [5.41, 5.74) is 0.783. The Morgan fingerprint density at radius 2 is 2.00 bits per heavy atom. The van der Waals surface area contributed by atoms with Gasteiger partial charge in [-0.3, -0.25) is 0 Å². The summed E-state index contributed by atoms with van der Waals surface area (Å²) in [6, 6.07) is 6.70. The van der Waals surface area contributed by atoms with Crippen molar-refractivity contribution < 1.29 is 8.81 Å². The van der Waals surface area contributed by atoms with Crippen molar-refractivity contribution in [1.29, 1.82) is 0 Å². The van der Waals surface area contributed by atoms with E-state index in [9.17, 15) is 4.39 Å². The first kappa shape index (κ1) is 14.1. The van der Waals surface area contributed by atoms with Gasteiger partial charge >= 0.3 is 0 Å². The average molecular weight is 263 g/mol. The Kier molecular flexibility index (Phi) is 3.95. The Labute approximate surface area is 114 Å². The lowest BCUT2D eigenvalue weighted by Gasteiger charge is -2.29. The predicted octanol–water partition coefficient (Wildman–Crippen LogP) is 4.66. The van der Waals surface area contributed by atoms with E-state index in [-0.39, 0.29) is 17.3 Å². The molecular formula is C16H22FNO. The van der Waals surface area contributed by atoms with Gasteiger partial charge in [-0.25, -0.2) is 4.39 Å². The van der Waals surface area contributed by atoms with Crippen molar-refractivity contribution in [2.24, 2.45) is 5.41 Å². The standard InChI is InChI=1S/C16H22FNO/c1-5-8-18-15(16(2,3)4)14-10-11-9-12(17)6-7-13(11)19-14/h6-7,9-10,15,18H,5,8H2,1-4H3. The number of rotatable bonds is 4. The number of benzene rings is 1. The van der Waals surface area contributed by atoms with Crippen molar-refractivity contribution in [3.63, 3.8) is 0 Å². The molecule has 2 aromatic rings. The third-order valence-corrected chi connectivity index (χ3v) is 3.25. The minimum atomic E-state index is -0.228. The molecule has 0 spiro atoms. The van der Waals surface area contributed by atoms with Gasteiger partial charge in [-0.1, -0.05) is 27.7 Å². The van der Waals surface area contributed by atoms with Crippen molar-refractivity contribution >= 4 is 11.0 Å². The molecule has 2 rings (SSSR count). The summed E-state index contributed by atoms with van der Waals surface area (Å²) < 4.78 is 19.1. The maximum atomic E-state index is 13.2. The molecule has 1 N–H and O–H groups in total. The minimum absolute atomic E-state index is 0.0432. The van der Waals surface area contributed by atoms with E-state index in [4.69, 9.17) is 4.42 Å². The Balaban J connectivity index is 2.38. The van der Waals surface area contributed by atoms with Gasteiger partial charge in [0.2, 0.25) is 0 Å². The second-order valence-corrected chi connectivity index (χ2v) is 6.08. The van der Waals surface area contributed by atoms with Gasteiger partial charge in [0.1, 0.15) is 17.2 Å². The second-order valence-electron chi connectivity index (χ2n) is 6.08. The fourth-order valence-corrected chi connectivity index (χ4v) is 2.30. The number of halogens is 1. The van der Waals surface area contributed by atoms with E-state index in [1.807, 2.05) is 6.07 Å². The third-order valence-electron chi connectivity index (χ3n) is 3.25. The molecule has 0 fully saturated rings. The number of fused-ring (bicyclic) bond motifs is 1. The van der Waals surface area contributed by atoms with Crippen LogP contribution in [-0.2, 0) is 0 Å². The summed E-state index contributed by atoms with van der Waals surface area (Å²) in [4.78, 5) is 0. The molecule has 0 aliphatic rings. The monoisotopic (exact) mass is 263 g/mol. The van der Waals surface area contributed by atoms with Crippen LogP contribution in [0.2, 0.25) is 0 Å². The molecule has 0 aliphatic carbocycles. The molecule has 2 nitrogen and oxygen atoms in total. The van der Waals surface area contributed by atoms with E-state index in [1.54, 1.807) is 6.07 Å². The molecule has 1 atom stereocenters. The smallest absolute Gasteiger partial charge is 0.134 e. The molecule has 1 aromatic heterocycles. The maximum Gasteiger partial charge on any atom is 0.134 e. The van der Waals surface area contributed by atoms with Crippen LogP contribution in [0.4, 0.5) is 4.39 Å². The number of hydrogen-bond acceptors (Lipinski definition) is 2. The zero-order valence-electron chi connectivity index (χ0n) is 12.1. The van der Waals surface area contributed by atoms with Crippen LogP contribution in [0, 0.1) is 11.2 Å². The Morgan fingerprint density at radius 1 is 1.26 bits per heavy atom. The molecule has 104 valence electrons. The summed E-state index contributed by atoms with van der Waals surface area (Å²) in [5, 5.41) is 4.34. The molecule has 0 radical (unpaired) electrons. The van der Waals surface area contributed by atoms with Crippen molar-refractivity contribution in [2.45, 2.75) is 40.2 Å². The number of furan rings is 1. The SMILES string of the molecule is CCCNC(c1cc2cc(F)ccc2o1)C(C)(C)C. The van der Waals surface area contributed by atoms with Crippen LogP contribution in [0.1, 0.15) is 45.9 Å². The van der Waals surface area contributed by atoms with Gasteiger partial charge in [0, 0.05) is 5.39 Å². The minimum Gasteiger partial charge on any atom is -0.459 e. The van der Waals surface area contributed by atoms with Crippen LogP contribution in [0.5, 0.6) is 0 Å². The first-order chi connectivity index (χ1) is 8.91. The molecule has 0 amide bonds. The van der Waals surface area contributed by atoms with Crippen LogP contribution in [0.3, 0.4) is 0 Å². The molecule has 0 bridgehead atoms. The Morgan fingerprint density at radius 3 is 2.63 bits per heavy atom. The Bertz CT molecular complexity index is 553. The summed E-state index contributed by atoms with van der Waals surface area (Å²) in [7, 11) is 0. The van der Waals surface area contributed by atoms with E-state index in [0.717, 1.165) is 29.7 Å². The molecule has 1 heterocycles. The van der Waals surface area contributed by atoms with Crippen molar-refractivity contribution in [3.05, 3.63) is 35.8 Å². The molecule has 0 aliphatic heterocycles. The Hall–Kier alpha value is -1.35. The fourth-order valence-electron chi connectivity index (χ4n) is 2.30. The van der Waals surface area contributed by atoms with Crippen LogP contribution >= 0.6 is 0 Å². The predicted molar refractivity (Wildman–Crippen MR) is 76.7 cm³/mol. The van der Waals surface area contributed by atoms with Gasteiger partial charge in [-0.05, 0) is 42.6 Å². The first-order valence-electron chi connectivity index (χ1n) is 6.84. The summed E-state index contributed by atoms with van der Waals surface area (Å²) in [6.45, 7) is 9.60. The summed E-state index contributed by atoms with van der Waals surface area (Å²) >= 11 is 0. The van der Waals surface area contributed by atoms with Crippen LogP contribution < -0.4 is 5.32 Å². The number of nitrogens with one attached hydrogen (secondary N) is 1. The highest BCUT2D eigenvalue weighted by Crippen LogP contribution is 2.35. The lowest BCUT2D eigenvalue weighted by Crippen LogP contribution is -2.32.